The largest absolute Gasteiger partial charge is 0.481 e. The van der Waals surface area contributed by atoms with Crippen molar-refractivity contribution in [3.8, 4) is 5.88 Å². The third-order valence-corrected chi connectivity index (χ3v) is 2.95. The molecule has 2 heterocycles. The summed E-state index contributed by atoms with van der Waals surface area (Å²) in [7, 11) is 3.56. The van der Waals surface area contributed by atoms with Crippen molar-refractivity contribution in [2.24, 2.45) is 7.05 Å². The number of aromatic nitrogens is 3. The second-order valence-corrected chi connectivity index (χ2v) is 4.19. The van der Waals surface area contributed by atoms with Crippen molar-refractivity contribution in [1.82, 2.24) is 14.8 Å². The molecule has 2 rings (SSSR count). The first-order valence-corrected chi connectivity index (χ1v) is 5.86. The minimum absolute atomic E-state index is 0.633. The third-order valence-electron chi connectivity index (χ3n) is 2.95. The zero-order valence-corrected chi connectivity index (χ0v) is 11.2. The fraction of sp³-hybridized carbons (Fsp3) is 0.385. The van der Waals surface area contributed by atoms with E-state index in [1.165, 1.54) is 0 Å². The van der Waals surface area contributed by atoms with Crippen LogP contribution >= 0.6 is 0 Å². The maximum atomic E-state index is 5.10. The predicted molar refractivity (Wildman–Crippen MR) is 70.8 cm³/mol. The number of ether oxygens (including phenoxy) is 1. The van der Waals surface area contributed by atoms with Crippen molar-refractivity contribution in [3.05, 3.63) is 35.3 Å². The maximum absolute atomic E-state index is 5.10. The highest BCUT2D eigenvalue weighted by Gasteiger charge is 2.08. The Morgan fingerprint density at radius 2 is 2.11 bits per heavy atom. The molecule has 0 spiro atoms. The van der Waals surface area contributed by atoms with Gasteiger partial charge >= 0.3 is 0 Å². The molecule has 0 saturated heterocycles. The van der Waals surface area contributed by atoms with E-state index in [0.717, 1.165) is 22.8 Å². The molecule has 0 radical (unpaired) electrons. The first-order valence-electron chi connectivity index (χ1n) is 5.86. The van der Waals surface area contributed by atoms with Gasteiger partial charge in [0, 0.05) is 13.1 Å². The van der Waals surface area contributed by atoms with Crippen LogP contribution in [0.2, 0.25) is 0 Å². The lowest BCUT2D eigenvalue weighted by atomic mass is 10.3. The Morgan fingerprint density at radius 3 is 2.72 bits per heavy atom. The van der Waals surface area contributed by atoms with Crippen molar-refractivity contribution in [2.75, 3.05) is 12.4 Å². The first-order chi connectivity index (χ1) is 8.61. The SMILES string of the molecule is COc1cccc(CNc2c(C)nn(C)c2C)n1. The molecule has 5 nitrogen and oxygen atoms in total. The molecule has 5 heteroatoms. The average molecular weight is 246 g/mol. The van der Waals surface area contributed by atoms with E-state index in [2.05, 4.69) is 15.4 Å². The molecule has 0 aliphatic carbocycles. The number of hydrogen-bond donors (Lipinski definition) is 1. The Bertz CT molecular complexity index is 548. The van der Waals surface area contributed by atoms with Gasteiger partial charge in [0.15, 0.2) is 0 Å². The zero-order chi connectivity index (χ0) is 13.1. The number of hydrogen-bond acceptors (Lipinski definition) is 4. The van der Waals surface area contributed by atoms with Gasteiger partial charge in [0.2, 0.25) is 5.88 Å². The minimum atomic E-state index is 0.633. The summed E-state index contributed by atoms with van der Waals surface area (Å²) >= 11 is 0. The van der Waals surface area contributed by atoms with Gasteiger partial charge in [-0.2, -0.15) is 5.10 Å². The van der Waals surface area contributed by atoms with Crippen LogP contribution in [0, 0.1) is 13.8 Å². The fourth-order valence-electron chi connectivity index (χ4n) is 1.88. The van der Waals surface area contributed by atoms with Gasteiger partial charge in [-0.3, -0.25) is 4.68 Å². The molecule has 1 N–H and O–H groups in total. The molecule has 96 valence electrons. The summed E-state index contributed by atoms with van der Waals surface area (Å²) in [5, 5.41) is 7.73. The fourth-order valence-corrected chi connectivity index (χ4v) is 1.88. The minimum Gasteiger partial charge on any atom is -0.481 e. The zero-order valence-electron chi connectivity index (χ0n) is 11.2. The van der Waals surface area contributed by atoms with E-state index in [0.29, 0.717) is 12.4 Å². The molecule has 2 aromatic rings. The Balaban J connectivity index is 2.11. The number of nitrogens with zero attached hydrogens (tertiary/aromatic N) is 3. The van der Waals surface area contributed by atoms with Gasteiger partial charge in [0.05, 0.1) is 36.4 Å². The van der Waals surface area contributed by atoms with Crippen molar-refractivity contribution < 1.29 is 4.74 Å². The quantitative estimate of drug-likeness (QED) is 0.897. The molecule has 0 unspecified atom stereocenters. The van der Waals surface area contributed by atoms with E-state index in [9.17, 15) is 0 Å². The van der Waals surface area contributed by atoms with Crippen LogP contribution in [0.1, 0.15) is 17.1 Å². The topological polar surface area (TPSA) is 52.0 Å². The highest BCUT2D eigenvalue weighted by molar-refractivity contribution is 5.52. The molecule has 0 bridgehead atoms. The summed E-state index contributed by atoms with van der Waals surface area (Å²) in [5.74, 6) is 0.633. The molecule has 0 amide bonds. The lowest BCUT2D eigenvalue weighted by molar-refractivity contribution is 0.396. The van der Waals surface area contributed by atoms with E-state index in [-0.39, 0.29) is 0 Å². The molecule has 0 aromatic carbocycles. The number of anilines is 1. The van der Waals surface area contributed by atoms with Gasteiger partial charge in [0.25, 0.3) is 0 Å². The number of aryl methyl sites for hydroxylation is 2. The number of methoxy groups -OCH3 is 1. The summed E-state index contributed by atoms with van der Waals surface area (Å²) in [6.45, 7) is 4.69. The van der Waals surface area contributed by atoms with Gasteiger partial charge in [-0.05, 0) is 19.9 Å². The smallest absolute Gasteiger partial charge is 0.213 e. The molecular weight excluding hydrogens is 228 g/mol. The van der Waals surface area contributed by atoms with E-state index >= 15 is 0 Å². The van der Waals surface area contributed by atoms with E-state index in [4.69, 9.17) is 4.74 Å². The van der Waals surface area contributed by atoms with Gasteiger partial charge in [-0.15, -0.1) is 0 Å². The summed E-state index contributed by atoms with van der Waals surface area (Å²) in [5.41, 5.74) is 4.13. The highest BCUT2D eigenvalue weighted by Crippen LogP contribution is 2.19. The standard InChI is InChI=1S/C13H18N4O/c1-9-13(10(2)17(3)16-9)14-8-11-6-5-7-12(15-11)18-4/h5-7,14H,8H2,1-4H3. The van der Waals surface area contributed by atoms with Crippen LogP contribution in [0.4, 0.5) is 5.69 Å². The number of pyridine rings is 1. The molecule has 0 fully saturated rings. The summed E-state index contributed by atoms with van der Waals surface area (Å²) in [4.78, 5) is 4.36. The van der Waals surface area contributed by atoms with Crippen LogP contribution in [-0.4, -0.2) is 21.9 Å². The van der Waals surface area contributed by atoms with Crippen molar-refractivity contribution in [2.45, 2.75) is 20.4 Å². The second kappa shape index (κ2) is 5.08. The van der Waals surface area contributed by atoms with Crippen LogP contribution in [0.15, 0.2) is 18.2 Å². The molecule has 2 aromatic heterocycles. The number of rotatable bonds is 4. The molecule has 0 saturated carbocycles. The Kier molecular flexibility index (Phi) is 3.50. The van der Waals surface area contributed by atoms with E-state index in [1.807, 2.05) is 43.8 Å². The lowest BCUT2D eigenvalue weighted by Crippen LogP contribution is -2.04. The lowest BCUT2D eigenvalue weighted by Gasteiger charge is -2.07. The average Bonchev–Trinajstić information content (AvgIpc) is 2.61. The normalized spacial score (nSPS) is 10.4. The van der Waals surface area contributed by atoms with Crippen LogP contribution < -0.4 is 10.1 Å². The third kappa shape index (κ3) is 2.45. The Hall–Kier alpha value is -2.04. The summed E-state index contributed by atoms with van der Waals surface area (Å²) < 4.78 is 6.97. The Labute approximate surface area is 107 Å². The van der Waals surface area contributed by atoms with Gasteiger partial charge in [-0.1, -0.05) is 6.07 Å². The van der Waals surface area contributed by atoms with Crippen molar-refractivity contribution in [1.29, 1.82) is 0 Å². The van der Waals surface area contributed by atoms with E-state index in [1.54, 1.807) is 7.11 Å². The van der Waals surface area contributed by atoms with Crippen LogP contribution in [0.5, 0.6) is 5.88 Å². The summed E-state index contributed by atoms with van der Waals surface area (Å²) in [6.07, 6.45) is 0. The second-order valence-electron chi connectivity index (χ2n) is 4.19. The van der Waals surface area contributed by atoms with Gasteiger partial charge in [-0.25, -0.2) is 4.98 Å². The van der Waals surface area contributed by atoms with Gasteiger partial charge in [0.1, 0.15) is 0 Å². The summed E-state index contributed by atoms with van der Waals surface area (Å²) in [6, 6.07) is 5.74. The van der Waals surface area contributed by atoms with Crippen LogP contribution in [0.3, 0.4) is 0 Å². The highest BCUT2D eigenvalue weighted by atomic mass is 16.5. The monoisotopic (exact) mass is 246 g/mol. The molecular formula is C13H18N4O. The van der Waals surface area contributed by atoms with Crippen LogP contribution in [0.25, 0.3) is 0 Å². The predicted octanol–water partition coefficient (Wildman–Crippen LogP) is 2.05. The molecule has 0 aliphatic heterocycles. The molecule has 0 aliphatic rings. The number of nitrogens with one attached hydrogen (secondary N) is 1. The van der Waals surface area contributed by atoms with Gasteiger partial charge < -0.3 is 10.1 Å². The van der Waals surface area contributed by atoms with Crippen molar-refractivity contribution in [3.63, 3.8) is 0 Å². The first kappa shape index (κ1) is 12.4. The van der Waals surface area contributed by atoms with Crippen LogP contribution in [-0.2, 0) is 13.6 Å². The van der Waals surface area contributed by atoms with Crippen molar-refractivity contribution >= 4 is 5.69 Å². The molecule has 18 heavy (non-hydrogen) atoms. The van der Waals surface area contributed by atoms with E-state index < -0.39 is 0 Å². The molecule has 0 atom stereocenters. The Morgan fingerprint density at radius 1 is 1.33 bits per heavy atom. The maximum Gasteiger partial charge on any atom is 0.213 e.